The van der Waals surface area contributed by atoms with Crippen molar-refractivity contribution in [3.63, 3.8) is 0 Å². The van der Waals surface area contributed by atoms with E-state index in [9.17, 15) is 4.79 Å². The first-order valence-corrected chi connectivity index (χ1v) is 17.3. The molecular formula is C38H45N9O. The summed E-state index contributed by atoms with van der Waals surface area (Å²) in [6.45, 7) is 9.62. The standard InChI is InChI=1S/C38H45N9O/c1-26(2)34-25-42-47-36(34)43-38(46-20-14-30(39)15-21-46)44-37(47)41-24-29-8-3-4-10-32(29)35-33-12-11-27(22-28(33)13-16-40-35)23-31(48)9-7-19-45-17-5-6-18-45/h3-4,7-13,16,22,25-26,30H,5-6,14-15,17-21,23-24,39H2,1-2H3,(H,41,43,44)/b9-7+. The predicted octanol–water partition coefficient (Wildman–Crippen LogP) is 5.77. The number of piperidine rings is 1. The van der Waals surface area contributed by atoms with E-state index < -0.39 is 0 Å². The van der Waals surface area contributed by atoms with Crippen LogP contribution in [0.4, 0.5) is 11.9 Å². The Morgan fingerprint density at radius 2 is 1.85 bits per heavy atom. The van der Waals surface area contributed by atoms with Gasteiger partial charge in [0.05, 0.1) is 11.9 Å². The van der Waals surface area contributed by atoms with Gasteiger partial charge in [-0.3, -0.25) is 14.7 Å². The lowest BCUT2D eigenvalue weighted by molar-refractivity contribution is -0.114. The summed E-state index contributed by atoms with van der Waals surface area (Å²) < 4.78 is 1.82. The molecule has 0 atom stereocenters. The van der Waals surface area contributed by atoms with Crippen LogP contribution in [0.15, 0.2) is 73.1 Å². The number of likely N-dealkylation sites (tertiary alicyclic amines) is 1. The van der Waals surface area contributed by atoms with E-state index in [0.29, 0.717) is 24.9 Å². The molecule has 0 aliphatic carbocycles. The molecule has 3 N–H and O–H groups in total. The summed E-state index contributed by atoms with van der Waals surface area (Å²) in [5, 5.41) is 10.4. The molecule has 2 saturated heterocycles. The van der Waals surface area contributed by atoms with Crippen molar-refractivity contribution in [2.45, 2.75) is 64.5 Å². The second-order valence-electron chi connectivity index (χ2n) is 13.4. The molecule has 2 fully saturated rings. The molecular weight excluding hydrogens is 598 g/mol. The fourth-order valence-electron chi connectivity index (χ4n) is 6.84. The Morgan fingerprint density at radius 3 is 2.67 bits per heavy atom. The summed E-state index contributed by atoms with van der Waals surface area (Å²) in [7, 11) is 0. The predicted molar refractivity (Wildman–Crippen MR) is 192 cm³/mol. The van der Waals surface area contributed by atoms with E-state index in [-0.39, 0.29) is 17.7 Å². The summed E-state index contributed by atoms with van der Waals surface area (Å²) >= 11 is 0. The monoisotopic (exact) mass is 643 g/mol. The fourth-order valence-corrected chi connectivity index (χ4v) is 6.84. The van der Waals surface area contributed by atoms with Gasteiger partial charge in [-0.2, -0.15) is 19.6 Å². The van der Waals surface area contributed by atoms with Crippen molar-refractivity contribution in [3.05, 3.63) is 89.8 Å². The lowest BCUT2D eigenvalue weighted by Gasteiger charge is -2.30. The summed E-state index contributed by atoms with van der Waals surface area (Å²) in [5.74, 6) is 1.77. The molecule has 3 aromatic heterocycles. The highest BCUT2D eigenvalue weighted by molar-refractivity contribution is 5.97. The Balaban J connectivity index is 1.13. The van der Waals surface area contributed by atoms with Crippen molar-refractivity contribution in [3.8, 4) is 11.3 Å². The number of nitrogens with two attached hydrogens (primary N) is 1. The smallest absolute Gasteiger partial charge is 0.230 e. The number of allylic oxidation sites excluding steroid dienone is 1. The number of fused-ring (bicyclic) bond motifs is 2. The van der Waals surface area contributed by atoms with Crippen LogP contribution in [0.1, 0.15) is 62.1 Å². The molecule has 0 spiro atoms. The molecule has 0 amide bonds. The van der Waals surface area contributed by atoms with E-state index in [2.05, 4.69) is 70.5 Å². The van der Waals surface area contributed by atoms with Gasteiger partial charge in [0.2, 0.25) is 11.9 Å². The molecule has 10 heteroatoms. The number of benzene rings is 2. The van der Waals surface area contributed by atoms with E-state index in [1.165, 1.54) is 12.8 Å². The maximum Gasteiger partial charge on any atom is 0.230 e. The lowest BCUT2D eigenvalue weighted by Crippen LogP contribution is -2.40. The number of carbonyl (C=O) groups excluding carboxylic acids is 1. The van der Waals surface area contributed by atoms with Crippen LogP contribution in [0.2, 0.25) is 0 Å². The molecule has 10 nitrogen and oxygen atoms in total. The van der Waals surface area contributed by atoms with Gasteiger partial charge in [0.1, 0.15) is 0 Å². The fraction of sp³-hybridized carbons (Fsp3) is 0.395. The number of nitrogens with one attached hydrogen (secondary N) is 1. The molecule has 248 valence electrons. The largest absolute Gasteiger partial charge is 0.350 e. The van der Waals surface area contributed by atoms with Crippen LogP contribution in [-0.2, 0) is 17.8 Å². The third kappa shape index (κ3) is 6.95. The van der Waals surface area contributed by atoms with Crippen molar-refractivity contribution in [1.82, 2.24) is 29.5 Å². The van der Waals surface area contributed by atoms with Crippen LogP contribution in [0.5, 0.6) is 0 Å². The minimum Gasteiger partial charge on any atom is -0.350 e. The van der Waals surface area contributed by atoms with Crippen LogP contribution in [0.3, 0.4) is 0 Å². The summed E-state index contributed by atoms with van der Waals surface area (Å²) in [4.78, 5) is 32.1. The van der Waals surface area contributed by atoms with Crippen LogP contribution < -0.4 is 16.0 Å². The molecule has 0 radical (unpaired) electrons. The number of carbonyl (C=O) groups is 1. The highest BCUT2D eigenvalue weighted by Crippen LogP contribution is 2.31. The molecule has 5 heterocycles. The van der Waals surface area contributed by atoms with E-state index >= 15 is 0 Å². The summed E-state index contributed by atoms with van der Waals surface area (Å²) in [6, 6.07) is 16.8. The topological polar surface area (TPSA) is 118 Å². The van der Waals surface area contributed by atoms with Crippen LogP contribution in [0, 0.1) is 0 Å². The Kier molecular flexibility index (Phi) is 9.45. The summed E-state index contributed by atoms with van der Waals surface area (Å²) in [5.41, 5.74) is 12.2. The number of hydrogen-bond acceptors (Lipinski definition) is 9. The van der Waals surface area contributed by atoms with Crippen molar-refractivity contribution < 1.29 is 4.79 Å². The zero-order chi connectivity index (χ0) is 33.0. The summed E-state index contributed by atoms with van der Waals surface area (Å²) in [6.07, 6.45) is 12.2. The van der Waals surface area contributed by atoms with Crippen LogP contribution in [-0.4, -0.2) is 74.0 Å². The minimum atomic E-state index is 0.128. The SMILES string of the molecule is CC(C)c1cnn2c(NCc3ccccc3-c3nccc4cc(CC(=O)/C=C/CN5CCCC5)ccc34)nc(N3CCC(N)CC3)nc12. The van der Waals surface area contributed by atoms with Gasteiger partial charge < -0.3 is 16.0 Å². The maximum absolute atomic E-state index is 12.7. The average Bonchev–Trinajstić information content (AvgIpc) is 3.78. The van der Waals surface area contributed by atoms with Crippen LogP contribution >= 0.6 is 0 Å². The molecule has 2 aliphatic heterocycles. The molecule has 7 rings (SSSR count). The zero-order valence-corrected chi connectivity index (χ0v) is 28.0. The highest BCUT2D eigenvalue weighted by atomic mass is 16.1. The van der Waals surface area contributed by atoms with Gasteiger partial charge in [-0.05, 0) is 73.3 Å². The zero-order valence-electron chi connectivity index (χ0n) is 28.0. The van der Waals surface area contributed by atoms with Gasteiger partial charge in [-0.1, -0.05) is 62.4 Å². The number of aromatic nitrogens is 5. The number of anilines is 2. The van der Waals surface area contributed by atoms with Crippen molar-refractivity contribution >= 4 is 34.1 Å². The number of pyridine rings is 1. The second kappa shape index (κ2) is 14.2. The third-order valence-corrected chi connectivity index (χ3v) is 9.61. The molecule has 2 aliphatic rings. The van der Waals surface area contributed by atoms with Gasteiger partial charge in [0, 0.05) is 61.4 Å². The highest BCUT2D eigenvalue weighted by Gasteiger charge is 2.22. The minimum absolute atomic E-state index is 0.128. The first kappa shape index (κ1) is 31.9. The third-order valence-electron chi connectivity index (χ3n) is 9.61. The van der Waals surface area contributed by atoms with Crippen molar-refractivity contribution in [2.75, 3.05) is 42.9 Å². The van der Waals surface area contributed by atoms with Crippen molar-refractivity contribution in [1.29, 1.82) is 0 Å². The second-order valence-corrected chi connectivity index (χ2v) is 13.4. The van der Waals surface area contributed by atoms with Crippen molar-refractivity contribution in [2.24, 2.45) is 5.73 Å². The van der Waals surface area contributed by atoms with E-state index in [1.807, 2.05) is 35.1 Å². The number of ketones is 1. The Morgan fingerprint density at radius 1 is 1.04 bits per heavy atom. The Labute approximate surface area is 282 Å². The van der Waals surface area contributed by atoms with E-state index in [4.69, 9.17) is 20.7 Å². The van der Waals surface area contributed by atoms with E-state index in [0.717, 1.165) is 89.9 Å². The maximum atomic E-state index is 12.7. The first-order chi connectivity index (χ1) is 23.4. The normalized spacial score (nSPS) is 16.2. The average molecular weight is 644 g/mol. The number of nitrogens with zero attached hydrogens (tertiary/aromatic N) is 7. The molecule has 0 bridgehead atoms. The molecule has 0 unspecified atom stereocenters. The molecule has 5 aromatic rings. The number of hydrogen-bond donors (Lipinski definition) is 2. The van der Waals surface area contributed by atoms with Gasteiger partial charge >= 0.3 is 0 Å². The quantitative estimate of drug-likeness (QED) is 0.173. The van der Waals surface area contributed by atoms with Gasteiger partial charge in [0.15, 0.2) is 11.4 Å². The molecule has 2 aromatic carbocycles. The van der Waals surface area contributed by atoms with Gasteiger partial charge in [0.25, 0.3) is 0 Å². The molecule has 48 heavy (non-hydrogen) atoms. The Hall–Kier alpha value is -4.67. The van der Waals surface area contributed by atoms with Gasteiger partial charge in [-0.25, -0.2) is 0 Å². The van der Waals surface area contributed by atoms with Crippen LogP contribution in [0.25, 0.3) is 27.7 Å². The van der Waals surface area contributed by atoms with Gasteiger partial charge in [-0.15, -0.1) is 0 Å². The Bertz CT molecular complexity index is 1930. The lowest BCUT2D eigenvalue weighted by atomic mass is 9.97. The molecule has 0 saturated carbocycles. The van der Waals surface area contributed by atoms with E-state index in [1.54, 1.807) is 6.08 Å². The number of rotatable bonds is 11. The first-order valence-electron chi connectivity index (χ1n) is 17.3.